The van der Waals surface area contributed by atoms with Crippen molar-refractivity contribution in [2.24, 2.45) is 0 Å². The van der Waals surface area contributed by atoms with E-state index >= 15 is 0 Å². The molecule has 1 rings (SSSR count). The molecular formula is C11H16F2N2O3S2. The van der Waals surface area contributed by atoms with Crippen molar-refractivity contribution in [3.63, 3.8) is 0 Å². The molecule has 0 aliphatic carbocycles. The Balaban J connectivity index is 3.09. The van der Waals surface area contributed by atoms with Crippen molar-refractivity contribution in [1.82, 2.24) is 4.72 Å². The minimum Gasteiger partial charge on any atom is -0.395 e. The van der Waals surface area contributed by atoms with Gasteiger partial charge in [-0.05, 0) is 25.3 Å². The fraction of sp³-hybridized carbons (Fsp3) is 0.455. The van der Waals surface area contributed by atoms with E-state index in [2.05, 4.69) is 4.72 Å². The number of halogens is 2. The minimum absolute atomic E-state index is 0.237. The molecule has 0 aromatic heterocycles. The fourth-order valence-electron chi connectivity index (χ4n) is 1.58. The van der Waals surface area contributed by atoms with Gasteiger partial charge < -0.3 is 10.8 Å². The molecule has 0 amide bonds. The summed E-state index contributed by atoms with van der Waals surface area (Å²) in [6, 6.07) is 0.962. The first-order chi connectivity index (χ1) is 9.24. The maximum atomic E-state index is 13.7. The number of aliphatic hydroxyl groups is 1. The van der Waals surface area contributed by atoms with Crippen LogP contribution < -0.4 is 10.5 Å². The second kappa shape index (κ2) is 6.70. The van der Waals surface area contributed by atoms with Gasteiger partial charge in [0.15, 0.2) is 5.82 Å². The van der Waals surface area contributed by atoms with Gasteiger partial charge in [0, 0.05) is 11.3 Å². The van der Waals surface area contributed by atoms with Crippen LogP contribution >= 0.6 is 11.8 Å². The Labute approximate surface area is 120 Å². The van der Waals surface area contributed by atoms with Crippen LogP contribution in [0.5, 0.6) is 0 Å². The quantitative estimate of drug-likeness (QED) is 0.677. The van der Waals surface area contributed by atoms with E-state index in [1.54, 1.807) is 13.2 Å². The highest BCUT2D eigenvalue weighted by molar-refractivity contribution is 7.99. The summed E-state index contributed by atoms with van der Waals surface area (Å²) in [6.45, 7) is 1.30. The first-order valence-electron chi connectivity index (χ1n) is 5.64. The number of hydrogen-bond acceptors (Lipinski definition) is 5. The number of sulfonamides is 1. The van der Waals surface area contributed by atoms with Gasteiger partial charge in [0.25, 0.3) is 0 Å². The molecule has 4 N–H and O–H groups in total. The maximum Gasteiger partial charge on any atom is 0.243 e. The normalized spacial score (nSPS) is 15.1. The summed E-state index contributed by atoms with van der Waals surface area (Å²) in [4.78, 5) is -0.721. The Morgan fingerprint density at radius 1 is 1.45 bits per heavy atom. The molecule has 114 valence electrons. The summed E-state index contributed by atoms with van der Waals surface area (Å²) in [5.74, 6) is -2.35. The number of hydrogen-bond donors (Lipinski definition) is 3. The average Bonchev–Trinajstić information content (AvgIpc) is 2.36. The lowest BCUT2D eigenvalue weighted by atomic mass is 10.3. The molecule has 2 unspecified atom stereocenters. The van der Waals surface area contributed by atoms with Gasteiger partial charge in [-0.3, -0.25) is 0 Å². The van der Waals surface area contributed by atoms with Gasteiger partial charge in [0.2, 0.25) is 10.0 Å². The summed E-state index contributed by atoms with van der Waals surface area (Å²) in [7, 11) is -4.19. The Bertz CT molecular complexity index is 577. The van der Waals surface area contributed by atoms with Crippen molar-refractivity contribution in [2.45, 2.75) is 23.1 Å². The Morgan fingerprint density at radius 2 is 2.05 bits per heavy atom. The highest BCUT2D eigenvalue weighted by Gasteiger charge is 2.27. The molecule has 0 aliphatic heterocycles. The van der Waals surface area contributed by atoms with E-state index in [0.29, 0.717) is 0 Å². The zero-order valence-electron chi connectivity index (χ0n) is 10.9. The lowest BCUT2D eigenvalue weighted by Crippen LogP contribution is -2.41. The summed E-state index contributed by atoms with van der Waals surface area (Å²) >= 11 is 1.27. The molecule has 1 aromatic rings. The molecular weight excluding hydrogens is 310 g/mol. The van der Waals surface area contributed by atoms with Crippen molar-refractivity contribution < 1.29 is 22.3 Å². The van der Waals surface area contributed by atoms with Crippen LogP contribution in [0, 0.1) is 11.6 Å². The fourth-order valence-corrected chi connectivity index (χ4v) is 3.66. The topological polar surface area (TPSA) is 92.4 Å². The third-order valence-electron chi connectivity index (χ3n) is 2.76. The van der Waals surface area contributed by atoms with Crippen LogP contribution in [-0.2, 0) is 10.0 Å². The molecule has 0 aliphatic rings. The third-order valence-corrected chi connectivity index (χ3v) is 5.50. The van der Waals surface area contributed by atoms with Gasteiger partial charge >= 0.3 is 0 Å². The van der Waals surface area contributed by atoms with E-state index in [1.165, 1.54) is 11.8 Å². The van der Waals surface area contributed by atoms with Gasteiger partial charge in [0.1, 0.15) is 16.4 Å². The van der Waals surface area contributed by atoms with Crippen molar-refractivity contribution in [3.05, 3.63) is 23.8 Å². The van der Waals surface area contributed by atoms with E-state index in [0.717, 1.165) is 12.1 Å². The maximum absolute atomic E-state index is 13.7. The number of aliphatic hydroxyl groups excluding tert-OH is 1. The molecule has 0 saturated heterocycles. The average molecular weight is 326 g/mol. The Hall–Kier alpha value is -0.900. The van der Waals surface area contributed by atoms with Crippen LogP contribution in [0.4, 0.5) is 14.5 Å². The summed E-state index contributed by atoms with van der Waals surface area (Å²) in [6.07, 6.45) is 1.71. The predicted octanol–water partition coefficient (Wildman–Crippen LogP) is 0.938. The lowest BCUT2D eigenvalue weighted by Gasteiger charge is -2.21. The van der Waals surface area contributed by atoms with E-state index in [4.69, 9.17) is 10.8 Å². The number of thioether (sulfide) groups is 1. The zero-order valence-corrected chi connectivity index (χ0v) is 12.6. The van der Waals surface area contributed by atoms with Crippen LogP contribution in [0.1, 0.15) is 6.92 Å². The first kappa shape index (κ1) is 17.2. The number of anilines is 1. The first-order valence-corrected chi connectivity index (χ1v) is 8.41. The van der Waals surface area contributed by atoms with Gasteiger partial charge in [-0.15, -0.1) is 0 Å². The molecule has 2 atom stereocenters. The molecule has 0 bridgehead atoms. The number of nitrogens with two attached hydrogens (primary N) is 1. The zero-order chi connectivity index (χ0) is 15.5. The largest absolute Gasteiger partial charge is 0.395 e. The van der Waals surface area contributed by atoms with Crippen molar-refractivity contribution >= 4 is 27.5 Å². The van der Waals surface area contributed by atoms with Crippen molar-refractivity contribution in [2.75, 3.05) is 18.6 Å². The van der Waals surface area contributed by atoms with E-state index in [1.807, 2.05) is 0 Å². The van der Waals surface area contributed by atoms with Crippen LogP contribution in [0.2, 0.25) is 0 Å². The second-order valence-electron chi connectivity index (χ2n) is 4.14. The van der Waals surface area contributed by atoms with Gasteiger partial charge in [-0.25, -0.2) is 21.9 Å². The Kier molecular flexibility index (Phi) is 5.75. The van der Waals surface area contributed by atoms with Crippen LogP contribution in [0.25, 0.3) is 0 Å². The lowest BCUT2D eigenvalue weighted by molar-refractivity contribution is 0.282. The summed E-state index contributed by atoms with van der Waals surface area (Å²) < 4.78 is 53.1. The molecule has 0 saturated carbocycles. The molecule has 0 spiro atoms. The monoisotopic (exact) mass is 326 g/mol. The summed E-state index contributed by atoms with van der Waals surface area (Å²) in [5.41, 5.74) is 4.29. The number of nitrogen functional groups attached to an aromatic ring is 1. The van der Waals surface area contributed by atoms with Crippen LogP contribution in [0.15, 0.2) is 17.0 Å². The van der Waals surface area contributed by atoms with Crippen LogP contribution in [-0.4, -0.2) is 37.7 Å². The van der Waals surface area contributed by atoms with Crippen molar-refractivity contribution in [3.8, 4) is 0 Å². The summed E-state index contributed by atoms with van der Waals surface area (Å²) in [5, 5.41) is 8.72. The smallest absolute Gasteiger partial charge is 0.243 e. The number of rotatable bonds is 6. The molecule has 0 fully saturated rings. The number of benzene rings is 1. The number of nitrogens with one attached hydrogen (secondary N) is 1. The third kappa shape index (κ3) is 3.60. The second-order valence-corrected chi connectivity index (χ2v) is 6.90. The van der Waals surface area contributed by atoms with Crippen molar-refractivity contribution in [1.29, 1.82) is 0 Å². The van der Waals surface area contributed by atoms with E-state index in [-0.39, 0.29) is 11.9 Å². The van der Waals surface area contributed by atoms with E-state index < -0.39 is 38.3 Å². The molecule has 9 heteroatoms. The highest BCUT2D eigenvalue weighted by Crippen LogP contribution is 2.23. The molecule has 0 radical (unpaired) electrons. The van der Waals surface area contributed by atoms with Gasteiger partial charge in [-0.2, -0.15) is 11.8 Å². The molecule has 1 aromatic carbocycles. The van der Waals surface area contributed by atoms with Gasteiger partial charge in [0.05, 0.1) is 6.61 Å². The molecule has 5 nitrogen and oxygen atoms in total. The SMILES string of the molecule is CSC(CO)C(C)NS(=O)(=O)c1ccc(F)c(N)c1F. The van der Waals surface area contributed by atoms with E-state index in [9.17, 15) is 17.2 Å². The molecule has 0 heterocycles. The Morgan fingerprint density at radius 3 is 2.55 bits per heavy atom. The van der Waals surface area contributed by atoms with Crippen LogP contribution in [0.3, 0.4) is 0 Å². The molecule has 20 heavy (non-hydrogen) atoms. The standard InChI is InChI=1S/C11H16F2N2O3S2/c1-6(8(5-16)19-2)15-20(17,18)9-4-3-7(12)11(14)10(9)13/h3-4,6,8,15-16H,5,14H2,1-2H3. The highest BCUT2D eigenvalue weighted by atomic mass is 32.2. The predicted molar refractivity (Wildman–Crippen MR) is 74.9 cm³/mol. The van der Waals surface area contributed by atoms with Gasteiger partial charge in [-0.1, -0.05) is 0 Å². The minimum atomic E-state index is -4.19.